The third-order valence-corrected chi connectivity index (χ3v) is 5.88. The van der Waals surface area contributed by atoms with Crippen molar-refractivity contribution in [2.24, 2.45) is 0 Å². The molecule has 0 saturated carbocycles. The SMILES string of the molecule is COC(=O)Nc1ccc(C(CN[C@@H](CO)c2ccc(O)c(NC=O)c2)c2ccc(NC(=O)OC)cc2)cc1. The van der Waals surface area contributed by atoms with Crippen LogP contribution in [0, 0.1) is 0 Å². The average molecular weight is 523 g/mol. The molecule has 0 spiro atoms. The van der Waals surface area contributed by atoms with Gasteiger partial charge in [0.15, 0.2) is 0 Å². The third-order valence-electron chi connectivity index (χ3n) is 5.88. The molecule has 38 heavy (non-hydrogen) atoms. The Bertz CT molecular complexity index is 1170. The number of methoxy groups -OCH3 is 2. The van der Waals surface area contributed by atoms with Gasteiger partial charge in [-0.2, -0.15) is 0 Å². The standard InChI is InChI=1S/C27H30N4O7/c1-37-26(35)30-20-8-3-17(4-9-20)22(18-5-10-21(11-6-18)31-27(36)38-2)14-28-24(15-32)19-7-12-25(34)23(13-19)29-16-33/h3-13,16,22,24,28,32,34H,14-15H2,1-2H3,(H,29,33)(H,30,35)(H,31,36)/t24-/m0/s1. The Morgan fingerprint density at radius 3 is 1.79 bits per heavy atom. The first-order chi connectivity index (χ1) is 18.4. The van der Waals surface area contributed by atoms with Gasteiger partial charge in [0, 0.05) is 23.8 Å². The van der Waals surface area contributed by atoms with Crippen LogP contribution in [0.3, 0.4) is 0 Å². The minimum Gasteiger partial charge on any atom is -0.506 e. The van der Waals surface area contributed by atoms with E-state index >= 15 is 0 Å². The maximum Gasteiger partial charge on any atom is 0.411 e. The van der Waals surface area contributed by atoms with Crippen LogP contribution in [-0.2, 0) is 14.3 Å². The molecule has 0 aromatic heterocycles. The van der Waals surface area contributed by atoms with E-state index in [9.17, 15) is 24.6 Å². The van der Waals surface area contributed by atoms with Crippen LogP contribution in [-0.4, -0.2) is 56.2 Å². The van der Waals surface area contributed by atoms with E-state index in [-0.39, 0.29) is 24.0 Å². The van der Waals surface area contributed by atoms with Crippen LogP contribution in [0.1, 0.15) is 28.7 Å². The van der Waals surface area contributed by atoms with Gasteiger partial charge in [0.25, 0.3) is 0 Å². The second-order valence-corrected chi connectivity index (χ2v) is 8.21. The molecule has 3 aromatic rings. The van der Waals surface area contributed by atoms with Gasteiger partial charge in [-0.25, -0.2) is 9.59 Å². The summed E-state index contributed by atoms with van der Waals surface area (Å²) >= 11 is 0. The van der Waals surface area contributed by atoms with Crippen molar-refractivity contribution in [3.63, 3.8) is 0 Å². The van der Waals surface area contributed by atoms with Crippen molar-refractivity contribution in [2.45, 2.75) is 12.0 Å². The minimum absolute atomic E-state index is 0.0864. The van der Waals surface area contributed by atoms with E-state index < -0.39 is 18.2 Å². The Balaban J connectivity index is 1.87. The fraction of sp³-hybridized carbons (Fsp3) is 0.222. The number of aromatic hydroxyl groups is 1. The lowest BCUT2D eigenvalue weighted by Crippen LogP contribution is -2.29. The van der Waals surface area contributed by atoms with E-state index in [0.29, 0.717) is 29.9 Å². The number of anilines is 3. The van der Waals surface area contributed by atoms with E-state index in [1.165, 1.54) is 20.3 Å². The first kappa shape index (κ1) is 28.0. The van der Waals surface area contributed by atoms with Gasteiger partial charge in [-0.3, -0.25) is 15.4 Å². The van der Waals surface area contributed by atoms with Crippen molar-refractivity contribution in [1.29, 1.82) is 0 Å². The zero-order valence-electron chi connectivity index (χ0n) is 20.9. The molecule has 0 saturated heterocycles. The van der Waals surface area contributed by atoms with Crippen molar-refractivity contribution in [3.05, 3.63) is 83.4 Å². The first-order valence-corrected chi connectivity index (χ1v) is 11.7. The van der Waals surface area contributed by atoms with E-state index in [4.69, 9.17) is 0 Å². The molecule has 0 aliphatic rings. The van der Waals surface area contributed by atoms with E-state index in [0.717, 1.165) is 11.1 Å². The second-order valence-electron chi connectivity index (χ2n) is 8.21. The summed E-state index contributed by atoms with van der Waals surface area (Å²) in [6.07, 6.45) is -0.686. The molecule has 6 N–H and O–H groups in total. The van der Waals surface area contributed by atoms with E-state index in [1.807, 2.05) is 24.3 Å². The highest BCUT2D eigenvalue weighted by molar-refractivity contribution is 5.85. The predicted octanol–water partition coefficient (Wildman–Crippen LogP) is 3.77. The number of ether oxygens (including phenoxy) is 2. The third kappa shape index (κ3) is 7.45. The van der Waals surface area contributed by atoms with Gasteiger partial charge in [-0.05, 0) is 53.1 Å². The number of carbonyl (C=O) groups is 3. The van der Waals surface area contributed by atoms with Gasteiger partial charge in [-0.15, -0.1) is 0 Å². The van der Waals surface area contributed by atoms with Crippen LogP contribution in [0.5, 0.6) is 5.75 Å². The fourth-order valence-corrected chi connectivity index (χ4v) is 3.86. The number of aliphatic hydroxyl groups excluding tert-OH is 1. The van der Waals surface area contributed by atoms with Crippen LogP contribution in [0.4, 0.5) is 26.7 Å². The zero-order chi connectivity index (χ0) is 27.5. The lowest BCUT2D eigenvalue weighted by atomic mass is 9.90. The molecule has 0 aliphatic carbocycles. The van der Waals surface area contributed by atoms with Crippen molar-refractivity contribution in [1.82, 2.24) is 5.32 Å². The molecule has 3 rings (SSSR count). The van der Waals surface area contributed by atoms with Gasteiger partial charge >= 0.3 is 12.2 Å². The summed E-state index contributed by atoms with van der Waals surface area (Å²) in [4.78, 5) is 33.9. The number of rotatable bonds is 11. The fourth-order valence-electron chi connectivity index (χ4n) is 3.86. The van der Waals surface area contributed by atoms with Crippen molar-refractivity contribution in [2.75, 3.05) is 43.3 Å². The normalized spacial score (nSPS) is 11.4. The maximum absolute atomic E-state index is 11.5. The molecule has 11 heteroatoms. The molecule has 0 fully saturated rings. The molecule has 200 valence electrons. The van der Waals surface area contributed by atoms with Crippen molar-refractivity contribution >= 4 is 35.7 Å². The van der Waals surface area contributed by atoms with E-state index in [2.05, 4.69) is 30.7 Å². The topological polar surface area (TPSA) is 158 Å². The lowest BCUT2D eigenvalue weighted by Gasteiger charge is -2.24. The number of phenolic OH excluding ortho intramolecular Hbond substituents is 1. The summed E-state index contributed by atoms with van der Waals surface area (Å²) in [6.45, 7) is 0.165. The average Bonchev–Trinajstić information content (AvgIpc) is 2.94. The molecular weight excluding hydrogens is 492 g/mol. The number of amides is 3. The Morgan fingerprint density at radius 2 is 1.34 bits per heavy atom. The summed E-state index contributed by atoms with van der Waals surface area (Å²) in [7, 11) is 2.57. The highest BCUT2D eigenvalue weighted by Crippen LogP contribution is 2.30. The smallest absolute Gasteiger partial charge is 0.411 e. The number of hydrogen-bond acceptors (Lipinski definition) is 8. The molecule has 0 radical (unpaired) electrons. The summed E-state index contributed by atoms with van der Waals surface area (Å²) in [5.41, 5.74) is 3.88. The quantitative estimate of drug-likeness (QED) is 0.164. The summed E-state index contributed by atoms with van der Waals surface area (Å²) < 4.78 is 9.27. The van der Waals surface area contributed by atoms with Crippen LogP contribution in [0.15, 0.2) is 66.7 Å². The Morgan fingerprint density at radius 1 is 0.842 bits per heavy atom. The molecule has 0 bridgehead atoms. The van der Waals surface area contributed by atoms with E-state index in [1.54, 1.807) is 36.4 Å². The number of carbonyl (C=O) groups excluding carboxylic acids is 3. The summed E-state index contributed by atoms with van der Waals surface area (Å²) in [5.74, 6) is -0.273. The molecule has 1 atom stereocenters. The van der Waals surface area contributed by atoms with Crippen molar-refractivity contribution < 1.29 is 34.1 Å². The van der Waals surface area contributed by atoms with Crippen LogP contribution in [0.25, 0.3) is 0 Å². The number of nitrogens with one attached hydrogen (secondary N) is 4. The number of aliphatic hydroxyl groups is 1. The highest BCUT2D eigenvalue weighted by Gasteiger charge is 2.19. The molecule has 3 amide bonds. The molecular formula is C27H30N4O7. The summed E-state index contributed by atoms with van der Waals surface area (Å²) in [5, 5.41) is 31.1. The van der Waals surface area contributed by atoms with Gasteiger partial charge in [0.1, 0.15) is 5.75 Å². The van der Waals surface area contributed by atoms with Gasteiger partial charge in [-0.1, -0.05) is 30.3 Å². The number of phenols is 1. The predicted molar refractivity (Wildman–Crippen MR) is 142 cm³/mol. The zero-order valence-corrected chi connectivity index (χ0v) is 20.9. The van der Waals surface area contributed by atoms with Gasteiger partial charge in [0.2, 0.25) is 6.41 Å². The Labute approximate surface area is 219 Å². The molecule has 0 heterocycles. The molecule has 0 aliphatic heterocycles. The second kappa shape index (κ2) is 13.6. The summed E-state index contributed by atoms with van der Waals surface area (Å²) in [6, 6.07) is 18.7. The minimum atomic E-state index is -0.576. The van der Waals surface area contributed by atoms with Gasteiger partial charge in [0.05, 0.1) is 32.6 Å². The number of benzene rings is 3. The largest absolute Gasteiger partial charge is 0.506 e. The monoisotopic (exact) mass is 522 g/mol. The highest BCUT2D eigenvalue weighted by atomic mass is 16.5. The van der Waals surface area contributed by atoms with Crippen LogP contribution >= 0.6 is 0 Å². The molecule has 3 aromatic carbocycles. The van der Waals surface area contributed by atoms with Crippen LogP contribution in [0.2, 0.25) is 0 Å². The maximum atomic E-state index is 11.5. The Hall–Kier alpha value is -4.61. The molecule has 0 unspecified atom stereocenters. The molecule has 11 nitrogen and oxygen atoms in total. The Kier molecular flexibility index (Phi) is 10.0. The van der Waals surface area contributed by atoms with Gasteiger partial charge < -0.3 is 30.3 Å². The number of hydrogen-bond donors (Lipinski definition) is 6. The first-order valence-electron chi connectivity index (χ1n) is 11.7. The van der Waals surface area contributed by atoms with Crippen molar-refractivity contribution in [3.8, 4) is 5.75 Å². The lowest BCUT2D eigenvalue weighted by molar-refractivity contribution is -0.105. The van der Waals surface area contributed by atoms with Crippen LogP contribution < -0.4 is 21.3 Å².